The van der Waals surface area contributed by atoms with Crippen LogP contribution in [0, 0.1) is 0 Å². The number of anilines is 1. The third kappa shape index (κ3) is 2.27. The van der Waals surface area contributed by atoms with Crippen LogP contribution < -0.4 is 4.90 Å². The second-order valence-corrected chi connectivity index (χ2v) is 5.42. The molecule has 92 valence electrons. The molecule has 1 aliphatic heterocycles. The molecule has 0 saturated carbocycles. The first-order valence-electron chi connectivity index (χ1n) is 6.27. The quantitative estimate of drug-likeness (QED) is 0.802. The van der Waals surface area contributed by atoms with Gasteiger partial charge in [-0.3, -0.25) is 0 Å². The van der Waals surface area contributed by atoms with E-state index in [0.29, 0.717) is 0 Å². The van der Waals surface area contributed by atoms with E-state index < -0.39 is 0 Å². The van der Waals surface area contributed by atoms with Gasteiger partial charge in [-0.25, -0.2) is 4.98 Å². The van der Waals surface area contributed by atoms with Crippen LogP contribution in [0.4, 0.5) is 5.82 Å². The highest BCUT2D eigenvalue weighted by molar-refractivity contribution is 9.10. The number of aromatic nitrogens is 1. The van der Waals surface area contributed by atoms with Crippen molar-refractivity contribution in [2.45, 2.75) is 12.8 Å². The molecule has 2 aromatic rings. The van der Waals surface area contributed by atoms with E-state index in [1.165, 1.54) is 11.1 Å². The second kappa shape index (κ2) is 5.11. The summed E-state index contributed by atoms with van der Waals surface area (Å²) in [7, 11) is 0. The van der Waals surface area contributed by atoms with Crippen molar-refractivity contribution < 1.29 is 0 Å². The average molecular weight is 303 g/mol. The Morgan fingerprint density at radius 3 is 2.22 bits per heavy atom. The number of benzene rings is 1. The Bertz CT molecular complexity index is 527. The Kier molecular flexibility index (Phi) is 3.33. The van der Waals surface area contributed by atoms with E-state index in [9.17, 15) is 0 Å². The van der Waals surface area contributed by atoms with Crippen LogP contribution in [0.2, 0.25) is 0 Å². The molecule has 0 bridgehead atoms. The first kappa shape index (κ1) is 11.7. The maximum Gasteiger partial charge on any atom is 0.142 e. The molecule has 18 heavy (non-hydrogen) atoms. The summed E-state index contributed by atoms with van der Waals surface area (Å²) in [4.78, 5) is 6.85. The molecule has 0 radical (unpaired) electrons. The molecular weight excluding hydrogens is 288 g/mol. The molecule has 0 N–H and O–H groups in total. The largest absolute Gasteiger partial charge is 0.355 e. The normalized spacial score (nSPS) is 15.1. The Labute approximate surface area is 116 Å². The molecular formula is C15H15BrN2. The highest BCUT2D eigenvalue weighted by Crippen LogP contribution is 2.25. The van der Waals surface area contributed by atoms with E-state index in [0.717, 1.165) is 36.2 Å². The molecule has 0 amide bonds. The first-order valence-corrected chi connectivity index (χ1v) is 7.06. The number of halogens is 1. The van der Waals surface area contributed by atoms with Gasteiger partial charge in [0.1, 0.15) is 5.82 Å². The van der Waals surface area contributed by atoms with Crippen LogP contribution in [-0.2, 0) is 12.8 Å². The zero-order valence-corrected chi connectivity index (χ0v) is 11.7. The SMILES string of the molecule is Brc1cccnc1N1CCc2ccccc2CC1. The van der Waals surface area contributed by atoms with Crippen molar-refractivity contribution in [2.24, 2.45) is 0 Å². The predicted octanol–water partition coefficient (Wildman–Crippen LogP) is 3.45. The number of hydrogen-bond donors (Lipinski definition) is 0. The van der Waals surface area contributed by atoms with Crippen molar-refractivity contribution in [3.8, 4) is 0 Å². The average Bonchev–Trinajstić information content (AvgIpc) is 2.62. The monoisotopic (exact) mass is 302 g/mol. The lowest BCUT2D eigenvalue weighted by atomic mass is 10.0. The van der Waals surface area contributed by atoms with Gasteiger partial charge in [0.15, 0.2) is 0 Å². The minimum absolute atomic E-state index is 1.03. The maximum atomic E-state index is 4.49. The maximum absolute atomic E-state index is 4.49. The van der Waals surface area contributed by atoms with Gasteiger partial charge in [0.05, 0.1) is 4.47 Å². The molecule has 0 spiro atoms. The Morgan fingerprint density at radius 1 is 0.944 bits per heavy atom. The van der Waals surface area contributed by atoms with Crippen LogP contribution >= 0.6 is 15.9 Å². The van der Waals surface area contributed by atoms with Gasteiger partial charge < -0.3 is 4.90 Å². The van der Waals surface area contributed by atoms with Crippen molar-refractivity contribution in [3.05, 3.63) is 58.2 Å². The molecule has 1 aromatic carbocycles. The van der Waals surface area contributed by atoms with E-state index >= 15 is 0 Å². The van der Waals surface area contributed by atoms with Crippen LogP contribution in [0.1, 0.15) is 11.1 Å². The molecule has 0 unspecified atom stereocenters. The Hall–Kier alpha value is -1.35. The van der Waals surface area contributed by atoms with Crippen LogP contribution in [-0.4, -0.2) is 18.1 Å². The summed E-state index contributed by atoms with van der Waals surface area (Å²) in [6.45, 7) is 2.07. The lowest BCUT2D eigenvalue weighted by Crippen LogP contribution is -2.27. The summed E-state index contributed by atoms with van der Waals surface area (Å²) in [6.07, 6.45) is 4.05. The Balaban J connectivity index is 1.85. The van der Waals surface area contributed by atoms with Crippen LogP contribution in [0.3, 0.4) is 0 Å². The summed E-state index contributed by atoms with van der Waals surface area (Å²) in [5.41, 5.74) is 2.96. The van der Waals surface area contributed by atoms with Gasteiger partial charge in [-0.15, -0.1) is 0 Å². The molecule has 0 saturated heterocycles. The fraction of sp³-hybridized carbons (Fsp3) is 0.267. The predicted molar refractivity (Wildman–Crippen MR) is 78.0 cm³/mol. The van der Waals surface area contributed by atoms with Crippen molar-refractivity contribution in [1.82, 2.24) is 4.98 Å². The molecule has 2 nitrogen and oxygen atoms in total. The molecule has 0 fully saturated rings. The molecule has 0 atom stereocenters. The van der Waals surface area contributed by atoms with Crippen molar-refractivity contribution >= 4 is 21.7 Å². The van der Waals surface area contributed by atoms with Crippen LogP contribution in [0.15, 0.2) is 47.1 Å². The highest BCUT2D eigenvalue weighted by atomic mass is 79.9. The molecule has 3 heteroatoms. The number of rotatable bonds is 1. The third-order valence-corrected chi connectivity index (χ3v) is 4.08. The third-order valence-electron chi connectivity index (χ3n) is 3.46. The summed E-state index contributed by atoms with van der Waals surface area (Å²) in [6, 6.07) is 12.8. The van der Waals surface area contributed by atoms with E-state index in [1.807, 2.05) is 12.3 Å². The minimum atomic E-state index is 1.03. The van der Waals surface area contributed by atoms with Gasteiger partial charge >= 0.3 is 0 Å². The van der Waals surface area contributed by atoms with E-state index in [4.69, 9.17) is 0 Å². The van der Waals surface area contributed by atoms with Crippen LogP contribution in [0.5, 0.6) is 0 Å². The molecule has 1 aromatic heterocycles. The lowest BCUT2D eigenvalue weighted by Gasteiger charge is -2.22. The van der Waals surface area contributed by atoms with Gasteiger partial charge in [-0.1, -0.05) is 24.3 Å². The summed E-state index contributed by atoms with van der Waals surface area (Å²) < 4.78 is 1.08. The minimum Gasteiger partial charge on any atom is -0.355 e. The standard InChI is InChI=1S/C15H15BrN2/c16-14-6-3-9-17-15(14)18-10-7-12-4-1-2-5-13(12)8-11-18/h1-6,9H,7-8,10-11H2. The number of hydrogen-bond acceptors (Lipinski definition) is 2. The van der Waals surface area contributed by atoms with Gasteiger partial charge in [0.25, 0.3) is 0 Å². The van der Waals surface area contributed by atoms with E-state index in [-0.39, 0.29) is 0 Å². The zero-order chi connectivity index (χ0) is 12.4. The number of pyridine rings is 1. The zero-order valence-electron chi connectivity index (χ0n) is 10.1. The molecule has 1 aliphatic rings. The van der Waals surface area contributed by atoms with E-state index in [1.54, 1.807) is 0 Å². The van der Waals surface area contributed by atoms with Gasteiger partial charge in [-0.05, 0) is 52.0 Å². The Morgan fingerprint density at radius 2 is 1.61 bits per heavy atom. The number of nitrogens with zero attached hydrogens (tertiary/aromatic N) is 2. The second-order valence-electron chi connectivity index (χ2n) is 4.56. The highest BCUT2D eigenvalue weighted by Gasteiger charge is 2.16. The van der Waals surface area contributed by atoms with Gasteiger partial charge in [0, 0.05) is 19.3 Å². The lowest BCUT2D eigenvalue weighted by molar-refractivity contribution is 0.788. The summed E-state index contributed by atoms with van der Waals surface area (Å²) >= 11 is 3.59. The molecule has 2 heterocycles. The topological polar surface area (TPSA) is 16.1 Å². The number of fused-ring (bicyclic) bond motifs is 1. The molecule has 0 aliphatic carbocycles. The fourth-order valence-electron chi connectivity index (χ4n) is 2.49. The van der Waals surface area contributed by atoms with Gasteiger partial charge in [-0.2, -0.15) is 0 Å². The van der Waals surface area contributed by atoms with Gasteiger partial charge in [0.2, 0.25) is 0 Å². The van der Waals surface area contributed by atoms with Crippen molar-refractivity contribution in [2.75, 3.05) is 18.0 Å². The fourth-order valence-corrected chi connectivity index (χ4v) is 3.00. The smallest absolute Gasteiger partial charge is 0.142 e. The van der Waals surface area contributed by atoms with Crippen molar-refractivity contribution in [3.63, 3.8) is 0 Å². The van der Waals surface area contributed by atoms with E-state index in [2.05, 4.69) is 56.1 Å². The van der Waals surface area contributed by atoms with Crippen LogP contribution in [0.25, 0.3) is 0 Å². The summed E-state index contributed by atoms with van der Waals surface area (Å²) in [5.74, 6) is 1.06. The first-order chi connectivity index (χ1) is 8.84. The molecule has 3 rings (SSSR count). The summed E-state index contributed by atoms with van der Waals surface area (Å²) in [5, 5.41) is 0. The van der Waals surface area contributed by atoms with Crippen molar-refractivity contribution in [1.29, 1.82) is 0 Å².